The van der Waals surface area contributed by atoms with Gasteiger partial charge in [0.15, 0.2) is 5.82 Å². The van der Waals surface area contributed by atoms with Crippen LogP contribution in [0.15, 0.2) is 42.7 Å². The summed E-state index contributed by atoms with van der Waals surface area (Å²) in [5.74, 6) is -0.346. The number of nitrogens with zero attached hydrogens (tertiary/aromatic N) is 5. The number of aryl methyl sites for hydroxylation is 1. The topological polar surface area (TPSA) is 126 Å². The number of rotatable bonds is 6. The van der Waals surface area contributed by atoms with Crippen molar-refractivity contribution >= 4 is 16.9 Å². The summed E-state index contributed by atoms with van der Waals surface area (Å²) in [7, 11) is 1.45. The maximum absolute atomic E-state index is 15.3. The number of amides is 1. The number of aromatic nitrogens is 4. The number of hydrogen-bond acceptors (Lipinski definition) is 7. The van der Waals surface area contributed by atoms with Crippen LogP contribution in [0.2, 0.25) is 0 Å². The van der Waals surface area contributed by atoms with Gasteiger partial charge in [-0.15, -0.1) is 0 Å². The number of ether oxygens (including phenoxy) is 1. The van der Waals surface area contributed by atoms with Crippen LogP contribution in [-0.2, 0) is 12.0 Å². The molecule has 41 heavy (non-hydrogen) atoms. The normalized spacial score (nSPS) is 23.2. The van der Waals surface area contributed by atoms with Gasteiger partial charge in [-0.25, -0.2) is 19.3 Å². The van der Waals surface area contributed by atoms with Crippen molar-refractivity contribution < 1.29 is 27.8 Å². The predicted molar refractivity (Wildman–Crippen MR) is 140 cm³/mol. The smallest absolute Gasteiger partial charge is 0.387 e. The van der Waals surface area contributed by atoms with Gasteiger partial charge in [0.25, 0.3) is 5.91 Å². The first kappa shape index (κ1) is 26.7. The van der Waals surface area contributed by atoms with Crippen molar-refractivity contribution in [1.29, 1.82) is 5.26 Å². The van der Waals surface area contributed by atoms with Crippen molar-refractivity contribution in [1.82, 2.24) is 24.8 Å². The Labute approximate surface area is 232 Å². The SMILES string of the molecule is CNC(=O)c1cccc(OC(F)F)c1[C@H]1CCc2nc3cc(F)c(-c4cnc(C5(O)CC(C)(C#N)C5)nc4)cc3n21. The highest BCUT2D eigenvalue weighted by Crippen LogP contribution is 2.52. The highest BCUT2D eigenvalue weighted by molar-refractivity contribution is 5.96. The summed E-state index contributed by atoms with van der Waals surface area (Å²) in [5.41, 5.74) is -0.0259. The molecule has 210 valence electrons. The van der Waals surface area contributed by atoms with E-state index in [2.05, 4.69) is 26.3 Å². The molecule has 6 rings (SSSR count). The number of benzene rings is 2. The van der Waals surface area contributed by atoms with E-state index in [9.17, 15) is 23.9 Å². The number of aliphatic hydroxyl groups is 1. The van der Waals surface area contributed by atoms with Gasteiger partial charge in [-0.05, 0) is 31.5 Å². The first-order valence-corrected chi connectivity index (χ1v) is 13.0. The van der Waals surface area contributed by atoms with Crippen LogP contribution in [-0.4, -0.2) is 44.2 Å². The number of carbonyl (C=O) groups is 1. The molecule has 1 fully saturated rings. The van der Waals surface area contributed by atoms with E-state index in [1.165, 1.54) is 37.6 Å². The lowest BCUT2D eigenvalue weighted by Gasteiger charge is -2.46. The maximum atomic E-state index is 15.3. The first-order chi connectivity index (χ1) is 19.6. The molecular formula is C29H25F3N6O3. The van der Waals surface area contributed by atoms with E-state index >= 15 is 4.39 Å². The van der Waals surface area contributed by atoms with Crippen molar-refractivity contribution in [2.24, 2.45) is 5.41 Å². The number of imidazole rings is 1. The molecule has 4 aromatic rings. The predicted octanol–water partition coefficient (Wildman–Crippen LogP) is 4.64. The summed E-state index contributed by atoms with van der Waals surface area (Å²) in [6.45, 7) is -1.34. The summed E-state index contributed by atoms with van der Waals surface area (Å²) >= 11 is 0. The molecule has 0 radical (unpaired) electrons. The van der Waals surface area contributed by atoms with Crippen LogP contribution in [0.4, 0.5) is 13.2 Å². The minimum absolute atomic E-state index is 0.117. The molecule has 2 aliphatic rings. The van der Waals surface area contributed by atoms with Crippen molar-refractivity contribution in [3.63, 3.8) is 0 Å². The quantitative estimate of drug-likeness (QED) is 0.351. The molecule has 12 heteroatoms. The number of alkyl halides is 2. The van der Waals surface area contributed by atoms with E-state index in [-0.39, 0.29) is 35.5 Å². The molecule has 1 aliphatic carbocycles. The van der Waals surface area contributed by atoms with E-state index in [0.29, 0.717) is 40.8 Å². The zero-order chi connectivity index (χ0) is 29.1. The van der Waals surface area contributed by atoms with Gasteiger partial charge >= 0.3 is 6.61 Å². The van der Waals surface area contributed by atoms with Crippen LogP contribution >= 0.6 is 0 Å². The molecule has 3 heterocycles. The van der Waals surface area contributed by atoms with E-state index < -0.39 is 35.4 Å². The van der Waals surface area contributed by atoms with Crippen LogP contribution in [0.25, 0.3) is 22.2 Å². The van der Waals surface area contributed by atoms with E-state index in [0.717, 1.165) is 0 Å². The minimum atomic E-state index is -3.09. The maximum Gasteiger partial charge on any atom is 0.387 e. The molecule has 2 N–H and O–H groups in total. The van der Waals surface area contributed by atoms with Gasteiger partial charge in [0.1, 0.15) is 23.0 Å². The second-order valence-corrected chi connectivity index (χ2v) is 10.8. The summed E-state index contributed by atoms with van der Waals surface area (Å²) in [4.78, 5) is 25.9. The van der Waals surface area contributed by atoms with Crippen LogP contribution < -0.4 is 10.1 Å². The van der Waals surface area contributed by atoms with Crippen LogP contribution in [0.3, 0.4) is 0 Å². The second kappa shape index (κ2) is 9.55. The highest BCUT2D eigenvalue weighted by Gasteiger charge is 2.54. The average molecular weight is 563 g/mol. The Balaban J connectivity index is 1.42. The van der Waals surface area contributed by atoms with E-state index in [1.54, 1.807) is 19.1 Å². The van der Waals surface area contributed by atoms with Crippen molar-refractivity contribution in [2.45, 2.75) is 50.9 Å². The first-order valence-electron chi connectivity index (χ1n) is 13.0. The Hall–Kier alpha value is -4.50. The van der Waals surface area contributed by atoms with Crippen molar-refractivity contribution in [2.75, 3.05) is 7.05 Å². The van der Waals surface area contributed by atoms with Gasteiger partial charge in [0, 0.05) is 67.0 Å². The Morgan fingerprint density at radius 3 is 2.66 bits per heavy atom. The molecule has 0 unspecified atom stereocenters. The summed E-state index contributed by atoms with van der Waals surface area (Å²) in [6, 6.07) is 8.91. The van der Waals surface area contributed by atoms with Gasteiger partial charge in [-0.2, -0.15) is 14.0 Å². The molecule has 9 nitrogen and oxygen atoms in total. The second-order valence-electron chi connectivity index (χ2n) is 10.8. The number of hydrogen-bond donors (Lipinski definition) is 2. The van der Waals surface area contributed by atoms with Crippen molar-refractivity contribution in [3.8, 4) is 22.9 Å². The molecule has 0 bridgehead atoms. The molecule has 1 atom stereocenters. The minimum Gasteiger partial charge on any atom is -0.434 e. The van der Waals surface area contributed by atoms with Crippen molar-refractivity contribution in [3.05, 3.63) is 71.3 Å². The lowest BCUT2D eigenvalue weighted by Crippen LogP contribution is -2.48. The monoisotopic (exact) mass is 562 g/mol. The Bertz CT molecular complexity index is 1720. The fourth-order valence-corrected chi connectivity index (χ4v) is 6.18. The summed E-state index contributed by atoms with van der Waals surface area (Å²) < 4.78 is 48.6. The number of halogens is 3. The van der Waals surface area contributed by atoms with Crippen LogP contribution in [0.5, 0.6) is 5.75 Å². The standard InChI is InChI=1S/C29H25F3N6O3/c1-28(14-33)12-29(40,13-28)26-35-10-15(11-36-26)17-8-21-19(9-18(17)30)37-23-7-6-20(38(21)23)24-16(25(39)34-2)4-3-5-22(24)41-27(31)32/h3-5,8-11,20,27,40H,6-7,12-13H2,1-2H3,(H,34,39)/t20-,28?,29?/m1/s1. The van der Waals surface area contributed by atoms with Gasteiger partial charge < -0.3 is 19.7 Å². The fourth-order valence-electron chi connectivity index (χ4n) is 6.18. The Kier molecular flexibility index (Phi) is 6.22. The van der Waals surface area contributed by atoms with Crippen LogP contribution in [0, 0.1) is 22.6 Å². The van der Waals surface area contributed by atoms with Gasteiger partial charge in [0.2, 0.25) is 0 Å². The molecule has 1 saturated carbocycles. The number of fused-ring (bicyclic) bond motifs is 3. The van der Waals surface area contributed by atoms with Crippen LogP contribution in [0.1, 0.15) is 59.8 Å². The van der Waals surface area contributed by atoms with Gasteiger partial charge in [0.05, 0.1) is 28.6 Å². The number of nitrogens with one attached hydrogen (secondary N) is 1. The third kappa shape index (κ3) is 4.37. The highest BCUT2D eigenvalue weighted by atomic mass is 19.3. The number of carbonyl (C=O) groups excluding carboxylic acids is 1. The number of nitriles is 1. The zero-order valence-corrected chi connectivity index (χ0v) is 22.2. The third-order valence-corrected chi connectivity index (χ3v) is 7.91. The lowest BCUT2D eigenvalue weighted by atomic mass is 9.60. The largest absolute Gasteiger partial charge is 0.434 e. The van der Waals surface area contributed by atoms with Gasteiger partial charge in [-0.1, -0.05) is 6.07 Å². The third-order valence-electron chi connectivity index (χ3n) is 7.91. The molecule has 0 spiro atoms. The molecular weight excluding hydrogens is 537 g/mol. The Morgan fingerprint density at radius 1 is 1.27 bits per heavy atom. The van der Waals surface area contributed by atoms with Gasteiger partial charge in [-0.3, -0.25) is 4.79 Å². The fraction of sp³-hybridized carbons (Fsp3) is 0.345. The van der Waals surface area contributed by atoms with E-state index in [1.807, 2.05) is 4.57 Å². The molecule has 2 aromatic carbocycles. The zero-order valence-electron chi connectivity index (χ0n) is 22.2. The molecule has 2 aromatic heterocycles. The summed E-state index contributed by atoms with van der Waals surface area (Å²) in [6.07, 6.45) is 4.19. The Morgan fingerprint density at radius 2 is 2.00 bits per heavy atom. The lowest BCUT2D eigenvalue weighted by molar-refractivity contribution is -0.109. The molecule has 1 aliphatic heterocycles. The molecule has 0 saturated heterocycles. The summed E-state index contributed by atoms with van der Waals surface area (Å²) in [5, 5.41) is 22.6. The van der Waals surface area contributed by atoms with E-state index in [4.69, 9.17) is 4.74 Å². The average Bonchev–Trinajstić information content (AvgIpc) is 3.50. The molecule has 1 amide bonds.